The third kappa shape index (κ3) is 4.39. The minimum Gasteiger partial charge on any atom is -0.446 e. The lowest BCUT2D eigenvalue weighted by Crippen LogP contribution is -2.37. The average molecular weight is 442 g/mol. The van der Waals surface area contributed by atoms with Crippen LogP contribution in [0, 0.1) is 13.8 Å². The lowest BCUT2D eigenvalue weighted by atomic mass is 10.1. The number of carbonyl (C=O) groups is 4. The van der Waals surface area contributed by atoms with Crippen molar-refractivity contribution in [2.24, 2.45) is 0 Å². The van der Waals surface area contributed by atoms with Crippen LogP contribution in [0.3, 0.4) is 0 Å². The molecule has 4 rings (SSSR count). The van der Waals surface area contributed by atoms with Gasteiger partial charge in [-0.25, -0.2) is 0 Å². The van der Waals surface area contributed by atoms with Gasteiger partial charge >= 0.3 is 5.97 Å². The first-order valence-electron chi connectivity index (χ1n) is 10.4. The number of ether oxygens (including phenoxy) is 1. The van der Waals surface area contributed by atoms with Crippen LogP contribution in [0.1, 0.15) is 43.5 Å². The second-order valence-corrected chi connectivity index (χ2v) is 7.78. The second-order valence-electron chi connectivity index (χ2n) is 7.78. The Labute approximate surface area is 191 Å². The number of aryl methyl sites for hydroxylation is 2. The van der Waals surface area contributed by atoms with Crippen LogP contribution >= 0.6 is 0 Å². The number of amides is 3. The van der Waals surface area contributed by atoms with Crippen molar-refractivity contribution in [1.82, 2.24) is 4.90 Å². The third-order valence-electron chi connectivity index (χ3n) is 5.48. The van der Waals surface area contributed by atoms with Crippen molar-refractivity contribution in [2.75, 3.05) is 11.9 Å². The molecule has 7 heteroatoms. The van der Waals surface area contributed by atoms with Gasteiger partial charge < -0.3 is 10.1 Å². The van der Waals surface area contributed by atoms with Gasteiger partial charge in [0.15, 0.2) is 0 Å². The van der Waals surface area contributed by atoms with Crippen molar-refractivity contribution in [3.05, 3.63) is 101 Å². The summed E-state index contributed by atoms with van der Waals surface area (Å²) in [6.07, 6.45) is -1.26. The number of rotatable bonds is 6. The van der Waals surface area contributed by atoms with Gasteiger partial charge in [0.2, 0.25) is 6.10 Å². The van der Waals surface area contributed by atoms with E-state index >= 15 is 0 Å². The van der Waals surface area contributed by atoms with Gasteiger partial charge in [-0.05, 0) is 37.1 Å². The van der Waals surface area contributed by atoms with E-state index in [1.54, 1.807) is 42.5 Å². The lowest BCUT2D eigenvalue weighted by molar-refractivity contribution is -0.154. The quantitative estimate of drug-likeness (QED) is 0.463. The first-order chi connectivity index (χ1) is 15.9. The van der Waals surface area contributed by atoms with Crippen molar-refractivity contribution < 1.29 is 23.9 Å². The van der Waals surface area contributed by atoms with Crippen molar-refractivity contribution in [2.45, 2.75) is 20.0 Å². The number of imide groups is 1. The molecule has 0 aliphatic carbocycles. The Bertz CT molecular complexity index is 1200. The summed E-state index contributed by atoms with van der Waals surface area (Å²) < 4.78 is 5.51. The first-order valence-corrected chi connectivity index (χ1v) is 10.4. The number of nitrogens with zero attached hydrogens (tertiary/aromatic N) is 1. The fourth-order valence-electron chi connectivity index (χ4n) is 3.78. The van der Waals surface area contributed by atoms with Crippen LogP contribution in [0.4, 0.5) is 5.69 Å². The maximum absolute atomic E-state index is 13.2. The summed E-state index contributed by atoms with van der Waals surface area (Å²) in [5.74, 6) is -2.53. The highest BCUT2D eigenvalue weighted by atomic mass is 16.5. The molecule has 3 amide bonds. The number of esters is 1. The topological polar surface area (TPSA) is 92.8 Å². The van der Waals surface area contributed by atoms with Gasteiger partial charge in [0, 0.05) is 11.3 Å². The van der Waals surface area contributed by atoms with E-state index < -0.39 is 36.3 Å². The number of nitrogens with one attached hydrogen (secondary N) is 1. The normalized spacial score (nSPS) is 13.5. The summed E-state index contributed by atoms with van der Waals surface area (Å²) in [6, 6.07) is 20.6. The molecule has 0 saturated heterocycles. The first kappa shape index (κ1) is 22.0. The van der Waals surface area contributed by atoms with E-state index in [-0.39, 0.29) is 11.1 Å². The van der Waals surface area contributed by atoms with Crippen LogP contribution in [-0.2, 0) is 14.3 Å². The van der Waals surface area contributed by atoms with Crippen LogP contribution in [0.2, 0.25) is 0 Å². The Morgan fingerprint density at radius 3 is 1.94 bits per heavy atom. The standard InChI is InChI=1S/C26H22N2O5/c1-16-9-8-10-17(2)22(16)27-24(30)23(18-11-4-3-5-12-18)33-21(29)15-28-25(31)19-13-6-7-14-20(19)26(28)32/h3-14,23H,15H2,1-2H3,(H,27,30)/t23-/m0/s1. The molecule has 1 heterocycles. The zero-order valence-electron chi connectivity index (χ0n) is 18.2. The molecule has 3 aromatic carbocycles. The molecule has 0 spiro atoms. The van der Waals surface area contributed by atoms with Gasteiger partial charge in [-0.2, -0.15) is 0 Å². The number of fused-ring (bicyclic) bond motifs is 1. The van der Waals surface area contributed by atoms with Crippen molar-refractivity contribution >= 4 is 29.4 Å². The minimum absolute atomic E-state index is 0.239. The monoisotopic (exact) mass is 442 g/mol. The molecule has 7 nitrogen and oxygen atoms in total. The molecule has 1 atom stereocenters. The molecule has 1 N–H and O–H groups in total. The highest BCUT2D eigenvalue weighted by Crippen LogP contribution is 2.26. The van der Waals surface area contributed by atoms with E-state index in [1.165, 1.54) is 12.1 Å². The molecule has 0 bridgehead atoms. The molecular weight excluding hydrogens is 420 g/mol. The molecule has 0 aromatic heterocycles. The number of hydrogen-bond acceptors (Lipinski definition) is 5. The predicted octanol–water partition coefficient (Wildman–Crippen LogP) is 3.82. The van der Waals surface area contributed by atoms with E-state index in [0.29, 0.717) is 11.3 Å². The lowest BCUT2D eigenvalue weighted by Gasteiger charge is -2.21. The summed E-state index contributed by atoms with van der Waals surface area (Å²) in [6.45, 7) is 3.15. The molecule has 1 aliphatic rings. The highest BCUT2D eigenvalue weighted by molar-refractivity contribution is 6.22. The van der Waals surface area contributed by atoms with Crippen LogP contribution in [-0.4, -0.2) is 35.1 Å². The number of hydrogen-bond donors (Lipinski definition) is 1. The van der Waals surface area contributed by atoms with Crippen molar-refractivity contribution in [3.63, 3.8) is 0 Å². The Balaban J connectivity index is 1.54. The van der Waals surface area contributed by atoms with Crippen LogP contribution in [0.25, 0.3) is 0 Å². The summed E-state index contributed by atoms with van der Waals surface area (Å²) >= 11 is 0. The van der Waals surface area contributed by atoms with E-state index in [4.69, 9.17) is 4.74 Å². The minimum atomic E-state index is -1.26. The second kappa shape index (κ2) is 9.08. The van der Waals surface area contributed by atoms with Gasteiger partial charge in [-0.15, -0.1) is 0 Å². The Kier molecular flexibility index (Phi) is 6.04. The molecular formula is C26H22N2O5. The summed E-state index contributed by atoms with van der Waals surface area (Å²) in [5.41, 5.74) is 3.32. The van der Waals surface area contributed by atoms with Gasteiger partial charge in [0.05, 0.1) is 11.1 Å². The van der Waals surface area contributed by atoms with Crippen molar-refractivity contribution in [3.8, 4) is 0 Å². The maximum atomic E-state index is 13.2. The fourth-order valence-corrected chi connectivity index (χ4v) is 3.78. The van der Waals surface area contributed by atoms with Gasteiger partial charge in [0.1, 0.15) is 6.54 Å². The largest absolute Gasteiger partial charge is 0.446 e. The number of anilines is 1. The Morgan fingerprint density at radius 1 is 0.818 bits per heavy atom. The summed E-state index contributed by atoms with van der Waals surface area (Å²) in [5, 5.41) is 2.84. The van der Waals surface area contributed by atoms with Gasteiger partial charge in [-0.3, -0.25) is 24.1 Å². The van der Waals surface area contributed by atoms with E-state index in [9.17, 15) is 19.2 Å². The highest BCUT2D eigenvalue weighted by Gasteiger charge is 2.37. The number of benzene rings is 3. The van der Waals surface area contributed by atoms with Crippen LogP contribution in [0.5, 0.6) is 0 Å². The predicted molar refractivity (Wildman–Crippen MR) is 122 cm³/mol. The Morgan fingerprint density at radius 2 is 1.36 bits per heavy atom. The zero-order chi connectivity index (χ0) is 23.5. The third-order valence-corrected chi connectivity index (χ3v) is 5.48. The molecule has 33 heavy (non-hydrogen) atoms. The number of para-hydroxylation sites is 1. The van der Waals surface area contributed by atoms with Gasteiger partial charge in [0.25, 0.3) is 17.7 Å². The number of carbonyl (C=O) groups excluding carboxylic acids is 4. The summed E-state index contributed by atoms with van der Waals surface area (Å²) in [7, 11) is 0. The molecule has 1 aliphatic heterocycles. The molecule has 166 valence electrons. The summed E-state index contributed by atoms with van der Waals surface area (Å²) in [4.78, 5) is 51.9. The van der Waals surface area contributed by atoms with Crippen molar-refractivity contribution in [1.29, 1.82) is 0 Å². The average Bonchev–Trinajstić information content (AvgIpc) is 3.05. The fraction of sp³-hybridized carbons (Fsp3) is 0.154. The van der Waals surface area contributed by atoms with Crippen LogP contribution < -0.4 is 5.32 Å². The molecule has 0 fully saturated rings. The maximum Gasteiger partial charge on any atom is 0.327 e. The zero-order valence-corrected chi connectivity index (χ0v) is 18.2. The van der Waals surface area contributed by atoms with E-state index in [0.717, 1.165) is 16.0 Å². The molecule has 3 aromatic rings. The SMILES string of the molecule is Cc1cccc(C)c1NC(=O)[C@@H](OC(=O)CN1C(=O)c2ccccc2C1=O)c1ccccc1. The van der Waals surface area contributed by atoms with E-state index in [1.807, 2.05) is 32.0 Å². The smallest absolute Gasteiger partial charge is 0.327 e. The van der Waals surface area contributed by atoms with Gasteiger partial charge in [-0.1, -0.05) is 60.7 Å². The van der Waals surface area contributed by atoms with Crippen LogP contribution in [0.15, 0.2) is 72.8 Å². The molecule has 0 unspecified atom stereocenters. The van der Waals surface area contributed by atoms with E-state index in [2.05, 4.69) is 5.32 Å². The molecule has 0 saturated carbocycles. The Hall–Kier alpha value is -4.26. The molecule has 0 radical (unpaired) electrons.